The summed E-state index contributed by atoms with van der Waals surface area (Å²) in [6.45, 7) is 1.70. The maximum Gasteiger partial charge on any atom is 0.472 e. The lowest BCUT2D eigenvalue weighted by molar-refractivity contribution is -0.160. The van der Waals surface area contributed by atoms with Crippen molar-refractivity contribution in [3.8, 4) is 0 Å². The first kappa shape index (κ1) is 44.0. The van der Waals surface area contributed by atoms with Crippen LogP contribution in [0.1, 0.15) is 142 Å². The second kappa shape index (κ2) is 30.3. The Morgan fingerprint density at radius 3 is 1.70 bits per heavy atom. The Balaban J connectivity index is 3.83. The van der Waals surface area contributed by atoms with Gasteiger partial charge in [-0.2, -0.15) is 0 Å². The Kier molecular flexibility index (Phi) is 29.0. The molecule has 0 fully saturated rings. The number of carbonyl (C=O) groups excluding carboxylic acids is 2. The first-order valence-corrected chi connectivity index (χ1v) is 18.8. The number of hydrogen-bond donors (Lipinski definition) is 3. The molecule has 0 rings (SSSR count). The molecular weight excluding hydrogens is 613 g/mol. The number of carbonyl (C=O) groups is 3. The number of ether oxygens (including phenoxy) is 2. The molecule has 0 spiro atoms. The van der Waals surface area contributed by atoms with Crippen LogP contribution in [0.15, 0.2) is 24.3 Å². The summed E-state index contributed by atoms with van der Waals surface area (Å²) in [5.41, 5.74) is 5.23. The van der Waals surface area contributed by atoms with Crippen LogP contribution in [0.4, 0.5) is 0 Å². The number of hydrogen-bond acceptors (Lipinski definition) is 9. The van der Waals surface area contributed by atoms with Crippen molar-refractivity contribution >= 4 is 25.7 Å². The molecule has 0 radical (unpaired) electrons. The van der Waals surface area contributed by atoms with Gasteiger partial charge in [0.15, 0.2) is 6.10 Å². The van der Waals surface area contributed by atoms with E-state index in [1.165, 1.54) is 96.8 Å². The van der Waals surface area contributed by atoms with E-state index < -0.39 is 51.1 Å². The molecule has 0 heterocycles. The van der Waals surface area contributed by atoms with Crippen molar-refractivity contribution in [2.24, 2.45) is 5.73 Å². The van der Waals surface area contributed by atoms with Crippen molar-refractivity contribution < 1.29 is 47.5 Å². The minimum atomic E-state index is -4.67. The fraction of sp³-hybridized carbons (Fsp3) is 0.794. The molecule has 0 aliphatic heterocycles. The van der Waals surface area contributed by atoms with Gasteiger partial charge in [0.25, 0.3) is 0 Å². The lowest BCUT2D eigenvalue weighted by atomic mass is 10.0. The zero-order valence-corrected chi connectivity index (χ0v) is 29.3. The van der Waals surface area contributed by atoms with Crippen molar-refractivity contribution in [2.45, 2.75) is 154 Å². The van der Waals surface area contributed by atoms with Crippen molar-refractivity contribution in [3.05, 3.63) is 24.3 Å². The third kappa shape index (κ3) is 30.6. The molecule has 0 aromatic rings. The van der Waals surface area contributed by atoms with E-state index in [0.29, 0.717) is 6.42 Å². The lowest BCUT2D eigenvalue weighted by Crippen LogP contribution is -2.34. The quantitative estimate of drug-likeness (QED) is 0.0273. The van der Waals surface area contributed by atoms with Gasteiger partial charge < -0.3 is 25.2 Å². The van der Waals surface area contributed by atoms with Crippen molar-refractivity contribution in [3.63, 3.8) is 0 Å². The van der Waals surface area contributed by atoms with E-state index >= 15 is 0 Å². The predicted octanol–water partition coefficient (Wildman–Crippen LogP) is 7.94. The molecule has 0 saturated carbocycles. The summed E-state index contributed by atoms with van der Waals surface area (Å²) in [4.78, 5) is 43.8. The lowest BCUT2D eigenvalue weighted by Gasteiger charge is -2.20. The van der Waals surface area contributed by atoms with Crippen LogP contribution in [0.5, 0.6) is 0 Å². The number of unbranched alkanes of at least 4 members (excludes halogenated alkanes) is 16. The van der Waals surface area contributed by atoms with Gasteiger partial charge in [0.05, 0.1) is 13.2 Å². The van der Waals surface area contributed by atoms with Crippen LogP contribution < -0.4 is 5.73 Å². The number of carboxylic acids is 1. The van der Waals surface area contributed by atoms with Crippen LogP contribution in [0.3, 0.4) is 0 Å². The average molecular weight is 676 g/mol. The Morgan fingerprint density at radius 2 is 1.20 bits per heavy atom. The highest BCUT2D eigenvalue weighted by Gasteiger charge is 2.27. The van der Waals surface area contributed by atoms with Gasteiger partial charge in [-0.25, -0.2) is 4.57 Å². The maximum absolute atomic E-state index is 12.3. The first-order chi connectivity index (χ1) is 22.1. The summed E-state index contributed by atoms with van der Waals surface area (Å²) >= 11 is 0. The SMILES string of the molecule is CCCCCCC/C=C\C/C=C\CCCCCCCCCCCCCC(=O)OC(COC(C)=O)COP(=O)(O)OCC(N)C(=O)O. The number of phosphoric acid groups is 1. The second-order valence-electron chi connectivity index (χ2n) is 11.7. The van der Waals surface area contributed by atoms with Crippen LogP contribution >= 0.6 is 7.82 Å². The minimum absolute atomic E-state index is 0.155. The third-order valence-corrected chi connectivity index (χ3v) is 8.21. The molecule has 12 heteroatoms. The van der Waals surface area contributed by atoms with E-state index in [9.17, 15) is 23.8 Å². The second-order valence-corrected chi connectivity index (χ2v) is 13.2. The summed E-state index contributed by atoms with van der Waals surface area (Å²) in [5, 5.41) is 8.73. The number of nitrogens with two attached hydrogens (primary N) is 1. The molecule has 0 aromatic heterocycles. The van der Waals surface area contributed by atoms with Gasteiger partial charge in [-0.05, 0) is 38.5 Å². The maximum atomic E-state index is 12.3. The minimum Gasteiger partial charge on any atom is -0.480 e. The highest BCUT2D eigenvalue weighted by Crippen LogP contribution is 2.43. The number of carboxylic acid groups (broad SMARTS) is 1. The van der Waals surface area contributed by atoms with E-state index in [1.807, 2.05) is 0 Å². The first-order valence-electron chi connectivity index (χ1n) is 17.3. The number of aliphatic carboxylic acids is 1. The fourth-order valence-corrected chi connectivity index (χ4v) is 5.30. The number of rotatable bonds is 32. The van der Waals surface area contributed by atoms with Gasteiger partial charge in [-0.1, -0.05) is 115 Å². The molecule has 3 unspecified atom stereocenters. The summed E-state index contributed by atoms with van der Waals surface area (Å²) in [5.74, 6) is -2.58. The molecule has 11 nitrogen and oxygen atoms in total. The van der Waals surface area contributed by atoms with Crippen LogP contribution in [0, 0.1) is 0 Å². The van der Waals surface area contributed by atoms with E-state index in [-0.39, 0.29) is 13.0 Å². The topological polar surface area (TPSA) is 172 Å². The van der Waals surface area contributed by atoms with E-state index in [1.54, 1.807) is 0 Å². The fourth-order valence-electron chi connectivity index (χ4n) is 4.53. The highest BCUT2D eigenvalue weighted by molar-refractivity contribution is 7.47. The zero-order valence-electron chi connectivity index (χ0n) is 28.4. The van der Waals surface area contributed by atoms with E-state index in [2.05, 4.69) is 35.8 Å². The molecule has 0 saturated heterocycles. The van der Waals surface area contributed by atoms with Crippen LogP contribution in [-0.4, -0.2) is 59.9 Å². The normalized spacial score (nSPS) is 14.3. The molecule has 0 aliphatic carbocycles. The van der Waals surface area contributed by atoms with Gasteiger partial charge in [0, 0.05) is 13.3 Å². The molecule has 0 aliphatic rings. The molecule has 46 heavy (non-hydrogen) atoms. The van der Waals surface area contributed by atoms with Crippen LogP contribution in [-0.2, 0) is 37.5 Å². The van der Waals surface area contributed by atoms with E-state index in [0.717, 1.165) is 25.7 Å². The molecule has 0 bridgehead atoms. The van der Waals surface area contributed by atoms with Gasteiger partial charge in [-0.15, -0.1) is 0 Å². The Bertz CT molecular complexity index is 895. The summed E-state index contributed by atoms with van der Waals surface area (Å²) in [6.07, 6.45) is 30.8. The van der Waals surface area contributed by atoms with Gasteiger partial charge in [0.2, 0.25) is 0 Å². The Morgan fingerprint density at radius 1 is 0.717 bits per heavy atom. The Labute approximate surface area is 277 Å². The number of phosphoric ester groups is 1. The standard InChI is InChI=1S/C34H62NO10P/c1-3-4-5-6-7-8-9-10-11-12-13-14-15-16-17-18-19-20-21-22-23-24-25-26-33(37)45-31(27-42-30(2)36)28-43-46(40,41)44-29-32(35)34(38)39/h9-10,12-13,31-32H,3-8,11,14-29,35H2,1-2H3,(H,38,39)(H,40,41)/b10-9-,13-12-. The highest BCUT2D eigenvalue weighted by atomic mass is 31.2. The molecular formula is C34H62NO10P. The zero-order chi connectivity index (χ0) is 34.3. The largest absolute Gasteiger partial charge is 0.480 e. The smallest absolute Gasteiger partial charge is 0.472 e. The van der Waals surface area contributed by atoms with Gasteiger partial charge in [-0.3, -0.25) is 23.4 Å². The van der Waals surface area contributed by atoms with Crippen LogP contribution in [0.25, 0.3) is 0 Å². The summed E-state index contributed by atoms with van der Waals surface area (Å²) < 4.78 is 31.4. The predicted molar refractivity (Wildman–Crippen MR) is 180 cm³/mol. The Hall–Kier alpha value is -2.04. The van der Waals surface area contributed by atoms with Crippen molar-refractivity contribution in [1.29, 1.82) is 0 Å². The monoisotopic (exact) mass is 675 g/mol. The van der Waals surface area contributed by atoms with Crippen LogP contribution in [0.2, 0.25) is 0 Å². The van der Waals surface area contributed by atoms with Crippen molar-refractivity contribution in [2.75, 3.05) is 19.8 Å². The van der Waals surface area contributed by atoms with Crippen molar-refractivity contribution in [1.82, 2.24) is 0 Å². The summed E-state index contributed by atoms with van der Waals surface area (Å²) in [6, 6.07) is -1.51. The molecule has 0 amide bonds. The average Bonchev–Trinajstić information content (AvgIpc) is 3.01. The molecule has 268 valence electrons. The number of esters is 2. The molecule has 3 atom stereocenters. The third-order valence-electron chi connectivity index (χ3n) is 7.26. The molecule has 4 N–H and O–H groups in total. The number of allylic oxidation sites excluding steroid dienone is 4. The van der Waals surface area contributed by atoms with E-state index in [4.69, 9.17) is 24.8 Å². The molecule has 0 aromatic carbocycles. The van der Waals surface area contributed by atoms with Gasteiger partial charge >= 0.3 is 25.7 Å². The van der Waals surface area contributed by atoms with Gasteiger partial charge in [0.1, 0.15) is 12.6 Å². The summed E-state index contributed by atoms with van der Waals surface area (Å²) in [7, 11) is -4.67.